The van der Waals surface area contributed by atoms with Crippen LogP contribution in [0.2, 0.25) is 0 Å². The van der Waals surface area contributed by atoms with E-state index < -0.39 is 23.8 Å². The Bertz CT molecular complexity index is 936. The van der Waals surface area contributed by atoms with Crippen molar-refractivity contribution in [3.8, 4) is 0 Å². The van der Waals surface area contributed by atoms with Crippen LogP contribution in [0.1, 0.15) is 39.1 Å². The minimum Gasteiger partial charge on any atom is -0.316 e. The van der Waals surface area contributed by atoms with E-state index in [1.807, 2.05) is 6.07 Å². The highest BCUT2D eigenvalue weighted by molar-refractivity contribution is 6.24. The van der Waals surface area contributed by atoms with Crippen molar-refractivity contribution in [2.75, 3.05) is 45.8 Å². The van der Waals surface area contributed by atoms with Crippen LogP contribution in [-0.2, 0) is 16.1 Å². The van der Waals surface area contributed by atoms with E-state index in [2.05, 4.69) is 20.4 Å². The van der Waals surface area contributed by atoms with Crippen molar-refractivity contribution in [1.29, 1.82) is 0 Å². The zero-order chi connectivity index (χ0) is 21.5. The smallest absolute Gasteiger partial charge is 0.262 e. The third-order valence-electron chi connectivity index (χ3n) is 6.80. The lowest BCUT2D eigenvalue weighted by Gasteiger charge is -2.39. The molecule has 0 saturated carbocycles. The summed E-state index contributed by atoms with van der Waals surface area (Å²) in [6.07, 6.45) is 0.293. The van der Waals surface area contributed by atoms with Crippen LogP contribution < -0.4 is 10.6 Å². The van der Waals surface area contributed by atoms with E-state index in [9.17, 15) is 19.2 Å². The zero-order valence-corrected chi connectivity index (χ0v) is 17.4. The van der Waals surface area contributed by atoms with Gasteiger partial charge in [0, 0.05) is 58.8 Å². The molecule has 0 spiro atoms. The minimum atomic E-state index is -0.928. The molecule has 0 radical (unpaired) electrons. The number of amides is 4. The number of hydrogen-bond acceptors (Lipinski definition) is 7. The summed E-state index contributed by atoms with van der Waals surface area (Å²) in [5.74, 6) is -1.07. The number of hydrogen-bond donors (Lipinski definition) is 2. The predicted octanol–water partition coefficient (Wildman–Crippen LogP) is -0.575. The molecular formula is C22H27N5O4. The van der Waals surface area contributed by atoms with E-state index in [0.29, 0.717) is 17.7 Å². The molecule has 9 heteroatoms. The molecule has 4 aliphatic rings. The van der Waals surface area contributed by atoms with Gasteiger partial charge in [0.2, 0.25) is 11.8 Å². The second-order valence-electron chi connectivity index (χ2n) is 8.89. The Labute approximate surface area is 180 Å². The molecule has 31 heavy (non-hydrogen) atoms. The number of piperidine rings is 1. The Morgan fingerprint density at radius 3 is 2.35 bits per heavy atom. The summed E-state index contributed by atoms with van der Waals surface area (Å²) in [5.41, 5.74) is 1.57. The first kappa shape index (κ1) is 20.3. The molecule has 2 N–H and O–H groups in total. The maximum absolute atomic E-state index is 13.2. The largest absolute Gasteiger partial charge is 0.316 e. The number of nitrogens with zero attached hydrogens (tertiary/aromatic N) is 3. The van der Waals surface area contributed by atoms with Crippen molar-refractivity contribution < 1.29 is 19.2 Å². The van der Waals surface area contributed by atoms with Gasteiger partial charge in [-0.3, -0.25) is 34.3 Å². The molecule has 9 nitrogen and oxygen atoms in total. The van der Waals surface area contributed by atoms with Crippen molar-refractivity contribution in [3.05, 3.63) is 34.9 Å². The van der Waals surface area contributed by atoms with Gasteiger partial charge in [-0.25, -0.2) is 0 Å². The van der Waals surface area contributed by atoms with Crippen molar-refractivity contribution in [2.24, 2.45) is 5.92 Å². The predicted molar refractivity (Wildman–Crippen MR) is 111 cm³/mol. The van der Waals surface area contributed by atoms with Gasteiger partial charge in [-0.2, -0.15) is 0 Å². The normalized spacial score (nSPS) is 25.5. The van der Waals surface area contributed by atoms with Crippen molar-refractivity contribution in [3.63, 3.8) is 0 Å². The zero-order valence-electron chi connectivity index (χ0n) is 17.4. The van der Waals surface area contributed by atoms with Gasteiger partial charge in [-0.1, -0.05) is 12.1 Å². The molecule has 0 aliphatic carbocycles. The Kier molecular flexibility index (Phi) is 5.33. The third-order valence-corrected chi connectivity index (χ3v) is 6.80. The fourth-order valence-corrected chi connectivity index (χ4v) is 4.93. The van der Waals surface area contributed by atoms with Gasteiger partial charge in [0.25, 0.3) is 11.8 Å². The standard InChI is InChI=1S/C22H27N5O4/c28-18-5-4-17(20(29)24-18)27-21(30)16-3-1-2-15(19(16)22(27)31)13-26-8-6-25(7-9-26)12-14-10-23-11-14/h1-3,14,17,23H,4-13H2,(H,24,28,29). The number of rotatable bonds is 5. The fraction of sp³-hybridized carbons (Fsp3) is 0.545. The van der Waals surface area contributed by atoms with Crippen molar-refractivity contribution in [2.45, 2.75) is 25.4 Å². The molecule has 4 aliphatic heterocycles. The second-order valence-corrected chi connectivity index (χ2v) is 8.89. The van der Waals surface area contributed by atoms with Gasteiger partial charge in [0.1, 0.15) is 6.04 Å². The van der Waals surface area contributed by atoms with Crippen LogP contribution in [0.4, 0.5) is 0 Å². The van der Waals surface area contributed by atoms with Gasteiger partial charge in [0.05, 0.1) is 11.1 Å². The maximum Gasteiger partial charge on any atom is 0.262 e. The average Bonchev–Trinajstić information content (AvgIpc) is 2.98. The lowest BCUT2D eigenvalue weighted by molar-refractivity contribution is -0.136. The highest BCUT2D eigenvalue weighted by Gasteiger charge is 2.45. The number of imide groups is 2. The summed E-state index contributed by atoms with van der Waals surface area (Å²) in [6, 6.07) is 4.41. The van der Waals surface area contributed by atoms with Gasteiger partial charge < -0.3 is 10.2 Å². The van der Waals surface area contributed by atoms with Crippen LogP contribution in [0.15, 0.2) is 18.2 Å². The van der Waals surface area contributed by atoms with E-state index in [4.69, 9.17) is 0 Å². The topological polar surface area (TPSA) is 102 Å². The highest BCUT2D eigenvalue weighted by atomic mass is 16.2. The molecule has 1 aromatic rings. The lowest BCUT2D eigenvalue weighted by atomic mass is 10.0. The molecule has 3 saturated heterocycles. The minimum absolute atomic E-state index is 0.123. The van der Waals surface area contributed by atoms with Gasteiger partial charge in [-0.15, -0.1) is 0 Å². The van der Waals surface area contributed by atoms with Crippen LogP contribution in [-0.4, -0.2) is 90.2 Å². The molecule has 164 valence electrons. The summed E-state index contributed by atoms with van der Waals surface area (Å²) in [4.78, 5) is 55.8. The van der Waals surface area contributed by atoms with Crippen molar-refractivity contribution >= 4 is 23.6 Å². The summed E-state index contributed by atoms with van der Waals surface area (Å²) >= 11 is 0. The molecular weight excluding hydrogens is 398 g/mol. The first-order chi connectivity index (χ1) is 15.0. The van der Waals surface area contributed by atoms with E-state index in [0.717, 1.165) is 62.2 Å². The monoisotopic (exact) mass is 425 g/mol. The Balaban J connectivity index is 1.28. The Morgan fingerprint density at radius 1 is 0.935 bits per heavy atom. The van der Waals surface area contributed by atoms with Gasteiger partial charge in [0.15, 0.2) is 0 Å². The maximum atomic E-state index is 13.2. The van der Waals surface area contributed by atoms with E-state index >= 15 is 0 Å². The average molecular weight is 425 g/mol. The number of carbonyl (C=O) groups excluding carboxylic acids is 4. The molecule has 1 unspecified atom stereocenters. The van der Waals surface area contributed by atoms with Gasteiger partial charge >= 0.3 is 0 Å². The van der Waals surface area contributed by atoms with Crippen LogP contribution in [0.25, 0.3) is 0 Å². The number of benzene rings is 1. The summed E-state index contributed by atoms with van der Waals surface area (Å²) in [5, 5.41) is 5.55. The number of piperazine rings is 1. The highest BCUT2D eigenvalue weighted by Crippen LogP contribution is 2.30. The summed E-state index contributed by atoms with van der Waals surface area (Å²) in [6.45, 7) is 7.79. The fourth-order valence-electron chi connectivity index (χ4n) is 4.93. The van der Waals surface area contributed by atoms with Crippen LogP contribution in [0.5, 0.6) is 0 Å². The summed E-state index contributed by atoms with van der Waals surface area (Å²) in [7, 11) is 0. The van der Waals surface area contributed by atoms with Crippen molar-refractivity contribution in [1.82, 2.24) is 25.3 Å². The SMILES string of the molecule is O=C1CCC(N2C(=O)c3cccc(CN4CCN(CC5CNC5)CC4)c3C2=O)C(=O)N1. The Hall–Kier alpha value is -2.62. The molecule has 1 aromatic carbocycles. The quantitative estimate of drug-likeness (QED) is 0.609. The first-order valence-electron chi connectivity index (χ1n) is 11.0. The number of fused-ring (bicyclic) bond motifs is 1. The molecule has 4 heterocycles. The molecule has 0 bridgehead atoms. The molecule has 5 rings (SSSR count). The van der Waals surface area contributed by atoms with E-state index in [1.165, 1.54) is 0 Å². The van der Waals surface area contributed by atoms with E-state index in [1.54, 1.807) is 12.1 Å². The molecule has 3 fully saturated rings. The van der Waals surface area contributed by atoms with Crippen LogP contribution in [0.3, 0.4) is 0 Å². The van der Waals surface area contributed by atoms with Crippen LogP contribution in [0, 0.1) is 5.92 Å². The summed E-state index contributed by atoms with van der Waals surface area (Å²) < 4.78 is 0. The van der Waals surface area contributed by atoms with E-state index in [-0.39, 0.29) is 18.7 Å². The second kappa shape index (κ2) is 8.14. The number of carbonyl (C=O) groups is 4. The Morgan fingerprint density at radius 2 is 1.68 bits per heavy atom. The number of nitrogens with one attached hydrogen (secondary N) is 2. The van der Waals surface area contributed by atoms with Gasteiger partial charge in [-0.05, 0) is 24.0 Å². The molecule has 0 aromatic heterocycles. The van der Waals surface area contributed by atoms with Crippen LogP contribution >= 0.6 is 0 Å². The molecule has 4 amide bonds. The third kappa shape index (κ3) is 3.77. The first-order valence-corrected chi connectivity index (χ1v) is 11.0. The lowest BCUT2D eigenvalue weighted by Crippen LogP contribution is -2.54. The molecule has 1 atom stereocenters.